The van der Waals surface area contributed by atoms with Gasteiger partial charge in [0.15, 0.2) is 0 Å². The molecule has 0 nitrogen and oxygen atoms in total. The Kier molecular flexibility index (Phi) is 3.40. The molecule has 0 N–H and O–H groups in total. The summed E-state index contributed by atoms with van der Waals surface area (Å²) in [6, 6.07) is 0. The van der Waals surface area contributed by atoms with E-state index in [0.717, 1.165) is 12.8 Å². The van der Waals surface area contributed by atoms with Gasteiger partial charge in [-0.15, -0.1) is 0 Å². The molecule has 0 aromatic rings. The monoisotopic (exact) mass is 131 g/mol. The van der Waals surface area contributed by atoms with Crippen molar-refractivity contribution in [2.45, 2.75) is 12.8 Å². The van der Waals surface area contributed by atoms with Gasteiger partial charge in [0.2, 0.25) is 0 Å². The Hall–Kier alpha value is -1.04. The molecule has 0 bridgehead atoms. The summed E-state index contributed by atoms with van der Waals surface area (Å²) in [5.74, 6) is 0. The molecule has 10 heavy (non-hydrogen) atoms. The molecule has 0 heteroatoms. The average Bonchev–Trinajstić information content (AvgIpc) is 2.01. The van der Waals surface area contributed by atoms with Gasteiger partial charge in [-0.05, 0) is 18.9 Å². The Labute approximate surface area is 62.3 Å². The highest BCUT2D eigenvalue weighted by Gasteiger charge is 1.73. The molecule has 0 unspecified atom stereocenters. The lowest BCUT2D eigenvalue weighted by Crippen LogP contribution is -1.63. The van der Waals surface area contributed by atoms with Crippen molar-refractivity contribution in [2.75, 3.05) is 0 Å². The number of rotatable bonds is 0. The fourth-order valence-electron chi connectivity index (χ4n) is 0.735. The molecule has 0 saturated heterocycles. The fourth-order valence-corrected chi connectivity index (χ4v) is 0.735. The Morgan fingerprint density at radius 1 is 0.900 bits per heavy atom. The van der Waals surface area contributed by atoms with E-state index in [2.05, 4.69) is 24.3 Å². The zero-order valence-electron chi connectivity index (χ0n) is 5.96. The lowest BCUT2D eigenvalue weighted by Gasteiger charge is -1.83. The SMILES string of the molecule is [C]1=C\C\C=C/C=C\C=C/C/1. The summed E-state index contributed by atoms with van der Waals surface area (Å²) in [7, 11) is 0. The van der Waals surface area contributed by atoms with Crippen molar-refractivity contribution in [3.8, 4) is 0 Å². The molecule has 0 aromatic heterocycles. The highest BCUT2D eigenvalue weighted by Crippen LogP contribution is 1.93. The highest BCUT2D eigenvalue weighted by molar-refractivity contribution is 5.13. The van der Waals surface area contributed by atoms with Crippen LogP contribution in [0.25, 0.3) is 0 Å². The molecule has 0 atom stereocenters. The van der Waals surface area contributed by atoms with E-state index in [1.54, 1.807) is 0 Å². The van der Waals surface area contributed by atoms with Gasteiger partial charge in [-0.1, -0.05) is 42.5 Å². The topological polar surface area (TPSA) is 0 Å². The summed E-state index contributed by atoms with van der Waals surface area (Å²) in [5.41, 5.74) is 0. The predicted octanol–water partition coefficient (Wildman–Crippen LogP) is 2.81. The van der Waals surface area contributed by atoms with Crippen LogP contribution in [0.15, 0.2) is 42.5 Å². The van der Waals surface area contributed by atoms with Crippen molar-refractivity contribution in [3.63, 3.8) is 0 Å². The first-order valence-corrected chi connectivity index (χ1v) is 3.53. The molecule has 51 valence electrons. The zero-order valence-corrected chi connectivity index (χ0v) is 5.96. The molecule has 1 rings (SSSR count). The second-order valence-electron chi connectivity index (χ2n) is 2.09. The van der Waals surface area contributed by atoms with Crippen molar-refractivity contribution in [1.29, 1.82) is 0 Å². The van der Waals surface area contributed by atoms with Crippen molar-refractivity contribution < 1.29 is 0 Å². The van der Waals surface area contributed by atoms with Crippen LogP contribution in [-0.4, -0.2) is 0 Å². The minimum Gasteiger partial charge on any atom is -0.0807 e. The number of allylic oxidation sites excluding steroid dienone is 8. The fraction of sp³-hybridized carbons (Fsp3) is 0.200. The Morgan fingerprint density at radius 2 is 1.70 bits per heavy atom. The molecule has 0 saturated carbocycles. The van der Waals surface area contributed by atoms with Crippen LogP contribution in [-0.2, 0) is 0 Å². The summed E-state index contributed by atoms with van der Waals surface area (Å²) in [5, 5.41) is 0. The quantitative estimate of drug-likeness (QED) is 0.474. The molecule has 0 aromatic carbocycles. The van der Waals surface area contributed by atoms with E-state index in [9.17, 15) is 0 Å². The van der Waals surface area contributed by atoms with E-state index in [0.29, 0.717) is 0 Å². The van der Waals surface area contributed by atoms with Crippen LogP contribution in [0.5, 0.6) is 0 Å². The Morgan fingerprint density at radius 3 is 2.60 bits per heavy atom. The van der Waals surface area contributed by atoms with Crippen LogP contribution in [0.3, 0.4) is 0 Å². The standard InChI is InChI=1S/C10H11/c1-2-4-6-8-10-9-7-5-3-1/h1-6,9H,7-8H2/b2-1-,5-3-,6-4-,10-9?. The van der Waals surface area contributed by atoms with Gasteiger partial charge < -0.3 is 0 Å². The molecule has 0 amide bonds. The first-order chi connectivity index (χ1) is 5.00. The van der Waals surface area contributed by atoms with Crippen molar-refractivity contribution >= 4 is 0 Å². The van der Waals surface area contributed by atoms with Gasteiger partial charge in [-0.25, -0.2) is 0 Å². The minimum absolute atomic E-state index is 0.929. The van der Waals surface area contributed by atoms with E-state index < -0.39 is 0 Å². The third kappa shape index (κ3) is 3.08. The van der Waals surface area contributed by atoms with Crippen LogP contribution in [0.2, 0.25) is 0 Å². The molecular weight excluding hydrogens is 120 g/mol. The van der Waals surface area contributed by atoms with Gasteiger partial charge in [0.05, 0.1) is 0 Å². The normalized spacial score (nSPS) is 30.4. The third-order valence-electron chi connectivity index (χ3n) is 1.24. The first-order valence-electron chi connectivity index (χ1n) is 3.53. The van der Waals surface area contributed by atoms with Crippen LogP contribution in [0.1, 0.15) is 12.8 Å². The smallest absolute Gasteiger partial charge is 0.00946 e. The van der Waals surface area contributed by atoms with E-state index >= 15 is 0 Å². The third-order valence-corrected chi connectivity index (χ3v) is 1.24. The second kappa shape index (κ2) is 4.80. The van der Waals surface area contributed by atoms with Gasteiger partial charge in [0, 0.05) is 0 Å². The Balaban J connectivity index is 2.51. The van der Waals surface area contributed by atoms with E-state index in [-0.39, 0.29) is 0 Å². The summed E-state index contributed by atoms with van der Waals surface area (Å²) in [6.45, 7) is 0. The molecular formula is C10H11. The molecule has 0 spiro atoms. The van der Waals surface area contributed by atoms with Gasteiger partial charge in [0.1, 0.15) is 0 Å². The van der Waals surface area contributed by atoms with E-state index in [1.165, 1.54) is 0 Å². The maximum Gasteiger partial charge on any atom is -0.00946 e. The molecule has 1 radical (unpaired) electrons. The predicted molar refractivity (Wildman–Crippen MR) is 44.5 cm³/mol. The molecule has 1 aliphatic rings. The van der Waals surface area contributed by atoms with E-state index in [1.807, 2.05) is 24.3 Å². The lowest BCUT2D eigenvalue weighted by atomic mass is 10.2. The molecule has 0 fully saturated rings. The van der Waals surface area contributed by atoms with Gasteiger partial charge in [-0.3, -0.25) is 0 Å². The van der Waals surface area contributed by atoms with E-state index in [4.69, 9.17) is 0 Å². The summed E-state index contributed by atoms with van der Waals surface area (Å²) in [6.07, 6.45) is 19.5. The molecule has 0 aliphatic heterocycles. The van der Waals surface area contributed by atoms with Crippen molar-refractivity contribution in [2.24, 2.45) is 0 Å². The minimum atomic E-state index is 0.929. The number of hydrogen-bond donors (Lipinski definition) is 0. The zero-order chi connectivity index (χ0) is 7.07. The average molecular weight is 131 g/mol. The second-order valence-corrected chi connectivity index (χ2v) is 2.09. The first kappa shape index (κ1) is 7.07. The Bertz CT molecular complexity index is 160. The summed E-state index contributed by atoms with van der Waals surface area (Å²) >= 11 is 0. The van der Waals surface area contributed by atoms with Crippen LogP contribution in [0.4, 0.5) is 0 Å². The lowest BCUT2D eigenvalue weighted by molar-refractivity contribution is 1.27. The number of hydrogen-bond acceptors (Lipinski definition) is 0. The molecule has 0 heterocycles. The van der Waals surface area contributed by atoms with Crippen LogP contribution < -0.4 is 0 Å². The van der Waals surface area contributed by atoms with Gasteiger partial charge in [-0.2, -0.15) is 0 Å². The highest BCUT2D eigenvalue weighted by atomic mass is 13.8. The van der Waals surface area contributed by atoms with Crippen molar-refractivity contribution in [3.05, 3.63) is 48.6 Å². The van der Waals surface area contributed by atoms with Gasteiger partial charge >= 0.3 is 0 Å². The van der Waals surface area contributed by atoms with Gasteiger partial charge in [0.25, 0.3) is 0 Å². The largest absolute Gasteiger partial charge is 0.0807 e. The maximum atomic E-state index is 3.16. The molecule has 1 aliphatic carbocycles. The maximum absolute atomic E-state index is 3.16. The summed E-state index contributed by atoms with van der Waals surface area (Å²) in [4.78, 5) is 0. The summed E-state index contributed by atoms with van der Waals surface area (Å²) < 4.78 is 0. The van der Waals surface area contributed by atoms with Crippen LogP contribution in [0, 0.1) is 6.08 Å². The van der Waals surface area contributed by atoms with Crippen molar-refractivity contribution in [1.82, 2.24) is 0 Å². The van der Waals surface area contributed by atoms with Crippen LogP contribution >= 0.6 is 0 Å².